The van der Waals surface area contributed by atoms with Crippen LogP contribution in [0.15, 0.2) is 53.6 Å². The van der Waals surface area contributed by atoms with Gasteiger partial charge in [0.2, 0.25) is 5.91 Å². The molecular formula is C25H25N3O3S. The van der Waals surface area contributed by atoms with E-state index in [1.165, 1.54) is 22.2 Å². The molecule has 0 spiro atoms. The molecule has 7 heteroatoms. The van der Waals surface area contributed by atoms with Gasteiger partial charge in [-0.1, -0.05) is 29.8 Å². The second-order valence-electron chi connectivity index (χ2n) is 7.71. The number of thiophene rings is 1. The fourth-order valence-corrected chi connectivity index (χ4v) is 4.78. The third-order valence-corrected chi connectivity index (χ3v) is 6.29. The molecule has 1 N–H and O–H groups in total. The topological polar surface area (TPSA) is 73.2 Å². The average Bonchev–Trinajstić information content (AvgIpc) is 3.10. The molecule has 0 saturated carbocycles. The van der Waals surface area contributed by atoms with Gasteiger partial charge in [0.1, 0.15) is 17.1 Å². The molecule has 32 heavy (non-hydrogen) atoms. The lowest BCUT2D eigenvalue weighted by atomic mass is 10.0. The van der Waals surface area contributed by atoms with Crippen LogP contribution in [0, 0.1) is 20.8 Å². The van der Waals surface area contributed by atoms with Crippen molar-refractivity contribution in [3.63, 3.8) is 0 Å². The molecule has 0 unspecified atom stereocenters. The third kappa shape index (κ3) is 4.29. The van der Waals surface area contributed by atoms with Gasteiger partial charge < -0.3 is 10.1 Å². The number of aryl methyl sites for hydroxylation is 3. The minimum Gasteiger partial charge on any atom is -0.494 e. The number of aromatic nitrogens is 2. The summed E-state index contributed by atoms with van der Waals surface area (Å²) in [5, 5.41) is 3.43. The maximum absolute atomic E-state index is 13.3. The van der Waals surface area contributed by atoms with E-state index in [0.29, 0.717) is 16.8 Å². The molecule has 0 aliphatic rings. The minimum atomic E-state index is -0.269. The van der Waals surface area contributed by atoms with Gasteiger partial charge in [0.25, 0.3) is 5.56 Å². The first kappa shape index (κ1) is 21.8. The number of ether oxygens (including phenoxy) is 1. The maximum Gasteiger partial charge on any atom is 0.263 e. The Labute approximate surface area is 190 Å². The summed E-state index contributed by atoms with van der Waals surface area (Å²) in [6.45, 7) is 8.36. The molecule has 164 valence electrons. The van der Waals surface area contributed by atoms with Gasteiger partial charge in [0.05, 0.1) is 18.3 Å². The van der Waals surface area contributed by atoms with Crippen molar-refractivity contribution in [2.45, 2.75) is 34.2 Å². The van der Waals surface area contributed by atoms with Crippen LogP contribution in [-0.4, -0.2) is 22.1 Å². The predicted octanol–water partition coefficient (Wildman–Crippen LogP) is 5.09. The molecule has 4 rings (SSSR count). The minimum absolute atomic E-state index is 0.104. The summed E-state index contributed by atoms with van der Waals surface area (Å²) < 4.78 is 6.89. The number of carbonyl (C=O) groups excluding carboxylic acids is 1. The zero-order valence-electron chi connectivity index (χ0n) is 18.6. The highest BCUT2D eigenvalue weighted by atomic mass is 32.1. The molecule has 2 aromatic heterocycles. The zero-order chi connectivity index (χ0) is 22.8. The van der Waals surface area contributed by atoms with Crippen LogP contribution in [0.4, 0.5) is 5.69 Å². The van der Waals surface area contributed by atoms with Crippen LogP contribution in [0.5, 0.6) is 5.75 Å². The highest BCUT2D eigenvalue weighted by molar-refractivity contribution is 7.19. The Morgan fingerprint density at radius 3 is 2.56 bits per heavy atom. The van der Waals surface area contributed by atoms with Crippen molar-refractivity contribution >= 4 is 33.1 Å². The van der Waals surface area contributed by atoms with Crippen molar-refractivity contribution in [1.82, 2.24) is 9.55 Å². The fraction of sp³-hybridized carbons (Fsp3) is 0.240. The normalized spacial score (nSPS) is 11.0. The van der Waals surface area contributed by atoms with E-state index < -0.39 is 0 Å². The van der Waals surface area contributed by atoms with Gasteiger partial charge in [0, 0.05) is 16.1 Å². The number of hydrogen-bond donors (Lipinski definition) is 1. The largest absolute Gasteiger partial charge is 0.494 e. The number of carbonyl (C=O) groups is 1. The average molecular weight is 448 g/mol. The van der Waals surface area contributed by atoms with Gasteiger partial charge in [-0.15, -0.1) is 11.3 Å². The Morgan fingerprint density at radius 1 is 1.12 bits per heavy atom. The molecule has 6 nitrogen and oxygen atoms in total. The van der Waals surface area contributed by atoms with E-state index in [4.69, 9.17) is 4.74 Å². The first-order valence-electron chi connectivity index (χ1n) is 10.5. The number of nitrogens with zero attached hydrogens (tertiary/aromatic N) is 2. The smallest absolute Gasteiger partial charge is 0.263 e. The maximum atomic E-state index is 13.3. The van der Waals surface area contributed by atoms with Gasteiger partial charge >= 0.3 is 0 Å². The summed E-state index contributed by atoms with van der Waals surface area (Å²) in [7, 11) is 0. The number of amides is 1. The lowest BCUT2D eigenvalue weighted by Crippen LogP contribution is -2.28. The summed E-state index contributed by atoms with van der Waals surface area (Å²) in [5.41, 5.74) is 4.40. The van der Waals surface area contributed by atoms with Gasteiger partial charge in [-0.2, -0.15) is 0 Å². The summed E-state index contributed by atoms with van der Waals surface area (Å²) >= 11 is 1.48. The van der Waals surface area contributed by atoms with Crippen molar-refractivity contribution in [3.05, 3.63) is 75.1 Å². The second kappa shape index (κ2) is 8.96. The third-order valence-electron chi connectivity index (χ3n) is 5.28. The Balaban J connectivity index is 1.67. The molecule has 0 radical (unpaired) electrons. The van der Waals surface area contributed by atoms with E-state index >= 15 is 0 Å². The van der Waals surface area contributed by atoms with Gasteiger partial charge in [-0.25, -0.2) is 4.98 Å². The van der Waals surface area contributed by atoms with Crippen LogP contribution in [0.3, 0.4) is 0 Å². The Morgan fingerprint density at radius 2 is 1.88 bits per heavy atom. The molecule has 0 atom stereocenters. The van der Waals surface area contributed by atoms with Crippen LogP contribution in [0.25, 0.3) is 21.3 Å². The van der Waals surface area contributed by atoms with Crippen LogP contribution in [0.1, 0.15) is 22.9 Å². The van der Waals surface area contributed by atoms with Gasteiger partial charge in [0.15, 0.2) is 0 Å². The molecular weight excluding hydrogens is 422 g/mol. The second-order valence-corrected chi connectivity index (χ2v) is 8.92. The van der Waals surface area contributed by atoms with Crippen LogP contribution in [0.2, 0.25) is 0 Å². The first-order chi connectivity index (χ1) is 15.4. The Kier molecular flexibility index (Phi) is 6.10. The number of rotatable bonds is 6. The van der Waals surface area contributed by atoms with E-state index in [0.717, 1.165) is 38.6 Å². The number of nitrogens with one attached hydrogen (secondary N) is 1. The molecule has 4 aromatic rings. The summed E-state index contributed by atoms with van der Waals surface area (Å²) in [6, 6.07) is 13.5. The summed E-state index contributed by atoms with van der Waals surface area (Å²) in [6.07, 6.45) is 1.45. The Hall–Kier alpha value is -3.45. The lowest BCUT2D eigenvalue weighted by Gasteiger charge is -2.10. The van der Waals surface area contributed by atoms with Crippen molar-refractivity contribution in [2.24, 2.45) is 0 Å². The van der Waals surface area contributed by atoms with Gasteiger partial charge in [-0.05, 0) is 57.0 Å². The molecule has 0 bridgehead atoms. The monoisotopic (exact) mass is 447 g/mol. The zero-order valence-corrected chi connectivity index (χ0v) is 19.4. The Bertz CT molecular complexity index is 1350. The van der Waals surface area contributed by atoms with Crippen molar-refractivity contribution < 1.29 is 9.53 Å². The lowest BCUT2D eigenvalue weighted by molar-refractivity contribution is -0.116. The van der Waals surface area contributed by atoms with Crippen molar-refractivity contribution in [2.75, 3.05) is 11.9 Å². The number of anilines is 1. The number of fused-ring (bicyclic) bond motifs is 1. The van der Waals surface area contributed by atoms with E-state index in [2.05, 4.69) is 10.3 Å². The van der Waals surface area contributed by atoms with E-state index in [9.17, 15) is 9.59 Å². The number of benzene rings is 2. The quantitative estimate of drug-likeness (QED) is 0.447. The molecule has 0 aliphatic carbocycles. The molecule has 2 heterocycles. The molecule has 0 saturated heterocycles. The van der Waals surface area contributed by atoms with Crippen LogP contribution in [-0.2, 0) is 11.3 Å². The fourth-order valence-electron chi connectivity index (χ4n) is 3.78. The number of hydrogen-bond acceptors (Lipinski definition) is 5. The van der Waals surface area contributed by atoms with Crippen molar-refractivity contribution in [1.29, 1.82) is 0 Å². The highest BCUT2D eigenvalue weighted by Crippen LogP contribution is 2.36. The van der Waals surface area contributed by atoms with E-state index in [1.807, 2.05) is 70.2 Å². The predicted molar refractivity (Wildman–Crippen MR) is 130 cm³/mol. The standard InChI is InChI=1S/C25H25N3O3S/c1-5-31-19-9-7-18(8-10-19)22-17(4)32-24-23(22)25(30)28(14-26-24)13-21(29)27-20-11-6-15(2)12-16(20)3/h6-12,14H,5,13H2,1-4H3,(H,27,29). The van der Waals surface area contributed by atoms with Crippen LogP contribution < -0.4 is 15.6 Å². The molecule has 1 amide bonds. The SMILES string of the molecule is CCOc1ccc(-c2c(C)sc3ncn(CC(=O)Nc4ccc(C)cc4C)c(=O)c23)cc1. The molecule has 0 aliphatic heterocycles. The highest BCUT2D eigenvalue weighted by Gasteiger charge is 2.18. The van der Waals surface area contributed by atoms with E-state index in [1.54, 1.807) is 0 Å². The van der Waals surface area contributed by atoms with Gasteiger partial charge in [-0.3, -0.25) is 14.2 Å². The molecule has 2 aromatic carbocycles. The summed E-state index contributed by atoms with van der Waals surface area (Å²) in [5.74, 6) is 0.516. The summed E-state index contributed by atoms with van der Waals surface area (Å²) in [4.78, 5) is 32.1. The first-order valence-corrected chi connectivity index (χ1v) is 11.3. The van der Waals surface area contributed by atoms with Crippen LogP contribution >= 0.6 is 11.3 Å². The van der Waals surface area contributed by atoms with Crippen molar-refractivity contribution in [3.8, 4) is 16.9 Å². The van der Waals surface area contributed by atoms with E-state index in [-0.39, 0.29) is 18.0 Å². The molecule has 0 fully saturated rings.